The van der Waals surface area contributed by atoms with Gasteiger partial charge < -0.3 is 24.7 Å². The molecule has 2 aliphatic heterocycles. The summed E-state index contributed by atoms with van der Waals surface area (Å²) in [5.74, 6) is 5.21. The van der Waals surface area contributed by atoms with Crippen LogP contribution in [0.5, 0.6) is 11.5 Å². The first-order valence-corrected chi connectivity index (χ1v) is 12.4. The lowest BCUT2D eigenvalue weighted by Crippen LogP contribution is -2.77. The lowest BCUT2D eigenvalue weighted by atomic mass is 9.48. The van der Waals surface area contributed by atoms with E-state index in [1.807, 2.05) is 13.1 Å². The molecule has 1 amide bonds. The molecule has 2 bridgehead atoms. The number of carbonyl (C=O) groups is 1. The molecule has 37 heavy (non-hydrogen) atoms. The first kappa shape index (κ1) is 24.1. The molecule has 2 aromatic rings. The van der Waals surface area contributed by atoms with Gasteiger partial charge in [0.2, 0.25) is 0 Å². The highest BCUT2D eigenvalue weighted by Crippen LogP contribution is 2.65. The third kappa shape index (κ3) is 3.32. The summed E-state index contributed by atoms with van der Waals surface area (Å²) in [4.78, 5) is 16.7. The van der Waals surface area contributed by atoms with Gasteiger partial charge in [-0.15, -0.1) is 0 Å². The van der Waals surface area contributed by atoms with E-state index in [1.165, 1.54) is 17.0 Å². The maximum Gasteiger partial charge on any atom is 0.416 e. The highest BCUT2D eigenvalue weighted by atomic mass is 19.4. The van der Waals surface area contributed by atoms with Gasteiger partial charge in [0.1, 0.15) is 6.10 Å². The fraction of sp³-hybridized carbons (Fsp3) is 0.464. The third-order valence-corrected chi connectivity index (χ3v) is 9.03. The second kappa shape index (κ2) is 7.89. The maximum absolute atomic E-state index is 13.0. The van der Waals surface area contributed by atoms with Gasteiger partial charge in [-0.3, -0.25) is 4.79 Å². The van der Waals surface area contributed by atoms with Gasteiger partial charge in [-0.1, -0.05) is 12.0 Å². The standard InChI is InChI=1S/C28H27F3N2O4/c1-32-12-11-26-22-14-19(33(2)23(35)10-5-16-3-7-18(8-4-16)28(29,30)31)15-27(26,36)21(32)13-17-6-9-20(34)25(37-22)24(17)26/h3-4,6-9,19,21-22,34,36H,11-15H2,1-2H3/t19-,21+,22-,26+,27+/m0/s1. The van der Waals surface area contributed by atoms with Crippen molar-refractivity contribution in [1.82, 2.24) is 9.80 Å². The predicted molar refractivity (Wildman–Crippen MR) is 128 cm³/mol. The number of hydrogen-bond donors (Lipinski definition) is 2. The summed E-state index contributed by atoms with van der Waals surface area (Å²) in [6, 6.07) is 7.38. The van der Waals surface area contributed by atoms with Gasteiger partial charge in [0, 0.05) is 42.6 Å². The number of carbonyl (C=O) groups excluding carboxylic acids is 1. The zero-order valence-electron chi connectivity index (χ0n) is 20.5. The molecule has 194 valence electrons. The Hall–Kier alpha value is -3.22. The van der Waals surface area contributed by atoms with Crippen LogP contribution in [0.2, 0.25) is 0 Å². The van der Waals surface area contributed by atoms with Crippen molar-refractivity contribution in [3.05, 3.63) is 58.7 Å². The largest absolute Gasteiger partial charge is 0.504 e. The molecule has 2 N–H and O–H groups in total. The minimum Gasteiger partial charge on any atom is -0.504 e. The van der Waals surface area contributed by atoms with Crippen molar-refractivity contribution in [2.75, 3.05) is 20.6 Å². The minimum absolute atomic E-state index is 0.0608. The average Bonchev–Trinajstić information content (AvgIpc) is 3.19. The summed E-state index contributed by atoms with van der Waals surface area (Å²) < 4.78 is 44.8. The first-order chi connectivity index (χ1) is 17.5. The quantitative estimate of drug-likeness (QED) is 0.575. The van der Waals surface area contributed by atoms with Crippen LogP contribution in [0, 0.1) is 11.8 Å². The van der Waals surface area contributed by atoms with Crippen LogP contribution in [-0.2, 0) is 22.8 Å². The number of likely N-dealkylation sites (N-methyl/N-ethyl adjacent to an activating group) is 1. The van der Waals surface area contributed by atoms with Crippen LogP contribution < -0.4 is 4.74 Å². The number of amides is 1. The van der Waals surface area contributed by atoms with Gasteiger partial charge in [0.05, 0.1) is 16.6 Å². The number of aliphatic hydroxyl groups is 1. The molecule has 1 saturated heterocycles. The molecular weight excluding hydrogens is 485 g/mol. The number of phenolic OH excluding ortho intramolecular Hbond substituents is 1. The van der Waals surface area contributed by atoms with Crippen molar-refractivity contribution in [2.45, 2.75) is 61.1 Å². The van der Waals surface area contributed by atoms with Gasteiger partial charge in [0.25, 0.3) is 5.91 Å². The van der Waals surface area contributed by atoms with Crippen molar-refractivity contribution < 1.29 is 32.9 Å². The molecule has 0 unspecified atom stereocenters. The molecule has 2 fully saturated rings. The second-order valence-electron chi connectivity index (χ2n) is 10.7. The van der Waals surface area contributed by atoms with Crippen molar-refractivity contribution in [1.29, 1.82) is 0 Å². The number of hydrogen-bond acceptors (Lipinski definition) is 5. The number of ether oxygens (including phenoxy) is 1. The van der Waals surface area contributed by atoms with Crippen LogP contribution in [0.15, 0.2) is 36.4 Å². The molecule has 2 aromatic carbocycles. The molecule has 2 heterocycles. The van der Waals surface area contributed by atoms with Crippen LogP contribution in [0.4, 0.5) is 13.2 Å². The molecule has 0 aromatic heterocycles. The maximum atomic E-state index is 13.0. The molecule has 6 nitrogen and oxygen atoms in total. The highest BCUT2D eigenvalue weighted by molar-refractivity contribution is 5.94. The van der Waals surface area contributed by atoms with Gasteiger partial charge in [-0.2, -0.15) is 13.2 Å². The van der Waals surface area contributed by atoms with Crippen LogP contribution in [0.1, 0.15) is 41.5 Å². The molecule has 5 atom stereocenters. The van der Waals surface area contributed by atoms with Crippen molar-refractivity contribution >= 4 is 5.91 Å². The molecule has 0 radical (unpaired) electrons. The zero-order chi connectivity index (χ0) is 26.3. The SMILES string of the molecule is CN1CC[C@]23c4c5ccc(O)c4O[C@H]2C[C@H](N(C)C(=O)C#Cc2ccc(C(F)(F)F)cc2)C[C@@]3(O)[C@H]1C5. The average molecular weight is 513 g/mol. The molecule has 1 spiro atoms. The molecule has 2 aliphatic carbocycles. The van der Waals surface area contributed by atoms with Crippen molar-refractivity contribution in [3.8, 4) is 23.3 Å². The molecule has 4 aliphatic rings. The topological polar surface area (TPSA) is 73.2 Å². The van der Waals surface area contributed by atoms with Gasteiger partial charge in [0.15, 0.2) is 11.5 Å². The summed E-state index contributed by atoms with van der Waals surface area (Å²) in [7, 11) is 3.63. The summed E-state index contributed by atoms with van der Waals surface area (Å²) in [6.07, 6.45) is -2.75. The lowest BCUT2D eigenvalue weighted by Gasteiger charge is -2.64. The van der Waals surface area contributed by atoms with E-state index in [9.17, 15) is 28.2 Å². The zero-order valence-corrected chi connectivity index (χ0v) is 20.5. The van der Waals surface area contributed by atoms with Crippen LogP contribution in [-0.4, -0.2) is 70.3 Å². The Morgan fingerprint density at radius 2 is 1.95 bits per heavy atom. The summed E-state index contributed by atoms with van der Waals surface area (Å²) in [6.45, 7) is 0.791. The Morgan fingerprint density at radius 3 is 2.65 bits per heavy atom. The smallest absolute Gasteiger partial charge is 0.416 e. The van der Waals surface area contributed by atoms with E-state index in [-0.39, 0.29) is 17.8 Å². The summed E-state index contributed by atoms with van der Waals surface area (Å²) in [5.41, 5.74) is -0.300. The Morgan fingerprint density at radius 1 is 1.22 bits per heavy atom. The Labute approximate surface area is 212 Å². The fourth-order valence-electron chi connectivity index (χ4n) is 7.17. The number of halogens is 3. The molecule has 9 heteroatoms. The van der Waals surface area contributed by atoms with Gasteiger partial charge in [-0.05, 0) is 68.8 Å². The Kier molecular flexibility index (Phi) is 5.15. The van der Waals surface area contributed by atoms with E-state index in [4.69, 9.17) is 4.74 Å². The fourth-order valence-corrected chi connectivity index (χ4v) is 7.17. The number of aromatic hydroxyl groups is 1. The first-order valence-electron chi connectivity index (χ1n) is 12.4. The van der Waals surface area contributed by atoms with E-state index in [0.29, 0.717) is 37.0 Å². The van der Waals surface area contributed by atoms with E-state index in [2.05, 4.69) is 16.7 Å². The summed E-state index contributed by atoms with van der Waals surface area (Å²) in [5, 5.41) is 23.0. The number of alkyl halides is 3. The van der Waals surface area contributed by atoms with E-state index in [1.54, 1.807) is 13.1 Å². The third-order valence-electron chi connectivity index (χ3n) is 9.03. The molecule has 1 saturated carbocycles. The number of nitrogens with zero attached hydrogens (tertiary/aromatic N) is 2. The Bertz CT molecular complexity index is 1350. The number of phenols is 1. The van der Waals surface area contributed by atoms with Gasteiger partial charge in [-0.25, -0.2) is 0 Å². The monoisotopic (exact) mass is 512 g/mol. The normalized spacial score (nSPS) is 31.6. The van der Waals surface area contributed by atoms with Gasteiger partial charge >= 0.3 is 6.18 Å². The van der Waals surface area contributed by atoms with Crippen molar-refractivity contribution in [2.24, 2.45) is 0 Å². The second-order valence-corrected chi connectivity index (χ2v) is 10.7. The molecule has 6 rings (SSSR count). The lowest BCUT2D eigenvalue weighted by molar-refractivity contribution is -0.194. The number of benzene rings is 2. The van der Waals surface area contributed by atoms with Crippen molar-refractivity contribution in [3.63, 3.8) is 0 Å². The predicted octanol–water partition coefficient (Wildman–Crippen LogP) is 3.07. The van der Waals surface area contributed by atoms with Crippen LogP contribution in [0.3, 0.4) is 0 Å². The number of rotatable bonds is 1. The minimum atomic E-state index is -4.44. The van der Waals surface area contributed by atoms with E-state index in [0.717, 1.165) is 29.8 Å². The number of piperidine rings is 1. The van der Waals surface area contributed by atoms with Crippen LogP contribution >= 0.6 is 0 Å². The summed E-state index contributed by atoms with van der Waals surface area (Å²) >= 11 is 0. The van der Waals surface area contributed by atoms with E-state index < -0.39 is 34.8 Å². The number of likely N-dealkylation sites (tertiary alicyclic amines) is 1. The van der Waals surface area contributed by atoms with Crippen LogP contribution in [0.25, 0.3) is 0 Å². The highest BCUT2D eigenvalue weighted by Gasteiger charge is 2.72. The Balaban J connectivity index is 1.29. The molecular formula is C28H27F3N2O4. The van der Waals surface area contributed by atoms with E-state index >= 15 is 0 Å².